The van der Waals surface area contributed by atoms with Crippen LogP contribution in [0.2, 0.25) is 0 Å². The van der Waals surface area contributed by atoms with E-state index in [1.807, 2.05) is 0 Å². The van der Waals surface area contributed by atoms with Crippen LogP contribution in [0.5, 0.6) is 0 Å². The quantitative estimate of drug-likeness (QED) is 0.614. The van der Waals surface area contributed by atoms with Crippen molar-refractivity contribution in [2.45, 2.75) is 52.9 Å². The number of hydrogen-bond donors (Lipinski definition) is 1. The Morgan fingerprint density at radius 1 is 0.895 bits per heavy atom. The summed E-state index contributed by atoms with van der Waals surface area (Å²) in [5.74, 6) is 1.07. The predicted molar refractivity (Wildman–Crippen MR) is 89.3 cm³/mol. The largest absolute Gasteiger partial charge is 0.304 e. The second-order valence-electron chi connectivity index (χ2n) is 6.11. The molecule has 0 spiro atoms. The van der Waals surface area contributed by atoms with E-state index in [9.17, 15) is 0 Å². The highest BCUT2D eigenvalue weighted by Gasteiger charge is 2.33. The summed E-state index contributed by atoms with van der Waals surface area (Å²) in [5.41, 5.74) is 0.522. The molecule has 0 aromatic rings. The maximum absolute atomic E-state index is 4.63. The fourth-order valence-corrected chi connectivity index (χ4v) is 3.79. The topological polar surface area (TPSA) is 6.48 Å². The lowest BCUT2D eigenvalue weighted by molar-refractivity contribution is 0.168. The summed E-state index contributed by atoms with van der Waals surface area (Å²) in [6, 6.07) is 0. The number of hydrogen-bond acceptors (Lipinski definition) is 3. The van der Waals surface area contributed by atoms with E-state index in [1.165, 1.54) is 71.4 Å². The first-order valence-corrected chi connectivity index (χ1v) is 8.88. The molecular weight excluding hydrogens is 252 g/mol. The van der Waals surface area contributed by atoms with Crippen molar-refractivity contribution in [3.63, 3.8) is 0 Å². The maximum Gasteiger partial charge on any atom is 0.00457 e. The summed E-state index contributed by atoms with van der Waals surface area (Å²) >= 11 is 4.63. The van der Waals surface area contributed by atoms with E-state index >= 15 is 0 Å². The van der Waals surface area contributed by atoms with E-state index in [0.29, 0.717) is 5.41 Å². The minimum Gasteiger partial charge on any atom is -0.304 e. The molecule has 0 saturated heterocycles. The summed E-state index contributed by atoms with van der Waals surface area (Å²) in [6.07, 6.45) is 6.92. The Balaban J connectivity index is 2.32. The van der Waals surface area contributed by atoms with Crippen LogP contribution >= 0.6 is 12.6 Å². The zero-order valence-electron chi connectivity index (χ0n) is 13.3. The van der Waals surface area contributed by atoms with E-state index in [4.69, 9.17) is 0 Å². The van der Waals surface area contributed by atoms with Gasteiger partial charge in [0.2, 0.25) is 0 Å². The van der Waals surface area contributed by atoms with Gasteiger partial charge in [0, 0.05) is 6.54 Å². The molecule has 0 unspecified atom stereocenters. The summed E-state index contributed by atoms with van der Waals surface area (Å²) in [5, 5.41) is 0. The molecule has 0 amide bonds. The molecule has 114 valence electrons. The number of nitrogens with zero attached hydrogens (tertiary/aromatic N) is 2. The molecule has 1 aliphatic rings. The highest BCUT2D eigenvalue weighted by molar-refractivity contribution is 7.80. The van der Waals surface area contributed by atoms with Gasteiger partial charge in [0.1, 0.15) is 0 Å². The average molecular weight is 287 g/mol. The summed E-state index contributed by atoms with van der Waals surface area (Å²) in [6.45, 7) is 14.1. The highest BCUT2D eigenvalue weighted by Crippen LogP contribution is 2.39. The van der Waals surface area contributed by atoms with Crippen LogP contribution in [0.3, 0.4) is 0 Å². The number of rotatable bonds is 10. The molecule has 1 fully saturated rings. The molecule has 1 rings (SSSR count). The van der Waals surface area contributed by atoms with Gasteiger partial charge >= 0.3 is 0 Å². The minimum atomic E-state index is 0.522. The first-order valence-electron chi connectivity index (χ1n) is 8.25. The van der Waals surface area contributed by atoms with Gasteiger partial charge in [0.25, 0.3) is 0 Å². The third kappa shape index (κ3) is 5.65. The molecule has 0 N–H and O–H groups in total. The van der Waals surface area contributed by atoms with Crippen molar-refractivity contribution < 1.29 is 0 Å². The molecule has 0 aromatic carbocycles. The average Bonchev–Trinajstić information content (AvgIpc) is 2.91. The van der Waals surface area contributed by atoms with Crippen molar-refractivity contribution in [1.82, 2.24) is 9.80 Å². The standard InChI is InChI=1S/C16H34N2S/c1-4-17(5-2)12-9-13-18(6-3)14-16(15-19)10-7-8-11-16/h19H,4-15H2,1-3H3. The zero-order valence-corrected chi connectivity index (χ0v) is 14.2. The normalized spacial score (nSPS) is 18.6. The van der Waals surface area contributed by atoms with Crippen LogP contribution in [-0.2, 0) is 0 Å². The van der Waals surface area contributed by atoms with Crippen molar-refractivity contribution >= 4 is 12.6 Å². The van der Waals surface area contributed by atoms with Gasteiger partial charge in [-0.1, -0.05) is 33.6 Å². The van der Waals surface area contributed by atoms with E-state index in [0.717, 1.165) is 5.75 Å². The molecule has 0 atom stereocenters. The van der Waals surface area contributed by atoms with Crippen LogP contribution in [0.15, 0.2) is 0 Å². The second kappa shape index (κ2) is 9.25. The first kappa shape index (κ1) is 17.3. The van der Waals surface area contributed by atoms with E-state index < -0.39 is 0 Å². The first-order chi connectivity index (χ1) is 9.19. The fraction of sp³-hybridized carbons (Fsp3) is 1.00. The molecule has 1 saturated carbocycles. The lowest BCUT2D eigenvalue weighted by atomic mass is 9.88. The monoisotopic (exact) mass is 286 g/mol. The SMILES string of the molecule is CCN(CC)CCCN(CC)CC1(CS)CCCC1. The molecule has 2 nitrogen and oxygen atoms in total. The van der Waals surface area contributed by atoms with Gasteiger partial charge in [0.15, 0.2) is 0 Å². The zero-order chi connectivity index (χ0) is 14.1. The lowest BCUT2D eigenvalue weighted by Crippen LogP contribution is -2.39. The molecule has 0 bridgehead atoms. The third-order valence-electron chi connectivity index (χ3n) is 4.85. The van der Waals surface area contributed by atoms with Gasteiger partial charge in [-0.2, -0.15) is 12.6 Å². The van der Waals surface area contributed by atoms with Gasteiger partial charge in [-0.25, -0.2) is 0 Å². The van der Waals surface area contributed by atoms with Crippen molar-refractivity contribution in [1.29, 1.82) is 0 Å². The van der Waals surface area contributed by atoms with Crippen molar-refractivity contribution in [2.75, 3.05) is 45.0 Å². The predicted octanol–water partition coefficient (Wildman–Crippen LogP) is 3.53. The van der Waals surface area contributed by atoms with Crippen molar-refractivity contribution in [3.8, 4) is 0 Å². The molecule has 0 aliphatic heterocycles. The summed E-state index contributed by atoms with van der Waals surface area (Å²) in [7, 11) is 0. The van der Waals surface area contributed by atoms with Crippen LogP contribution in [0.1, 0.15) is 52.9 Å². The Hall–Kier alpha value is 0.270. The van der Waals surface area contributed by atoms with Gasteiger partial charge in [0.05, 0.1) is 0 Å². The fourth-order valence-electron chi connectivity index (χ4n) is 3.37. The van der Waals surface area contributed by atoms with Gasteiger partial charge in [-0.3, -0.25) is 0 Å². The minimum absolute atomic E-state index is 0.522. The Labute approximate surface area is 126 Å². The molecular formula is C16H34N2S. The van der Waals surface area contributed by atoms with Crippen LogP contribution in [-0.4, -0.2) is 54.8 Å². The van der Waals surface area contributed by atoms with E-state index in [-0.39, 0.29) is 0 Å². The van der Waals surface area contributed by atoms with Crippen molar-refractivity contribution in [2.24, 2.45) is 5.41 Å². The van der Waals surface area contributed by atoms with Crippen molar-refractivity contribution in [3.05, 3.63) is 0 Å². The molecule has 1 aliphatic carbocycles. The second-order valence-corrected chi connectivity index (χ2v) is 6.43. The molecule has 3 heteroatoms. The van der Waals surface area contributed by atoms with Crippen LogP contribution in [0.25, 0.3) is 0 Å². The smallest absolute Gasteiger partial charge is 0.00457 e. The Morgan fingerprint density at radius 3 is 1.89 bits per heavy atom. The van der Waals surface area contributed by atoms with Crippen LogP contribution in [0, 0.1) is 5.41 Å². The van der Waals surface area contributed by atoms with Crippen LogP contribution < -0.4 is 0 Å². The summed E-state index contributed by atoms with van der Waals surface area (Å²) < 4.78 is 0. The Morgan fingerprint density at radius 2 is 1.42 bits per heavy atom. The molecule has 0 heterocycles. The van der Waals surface area contributed by atoms with Gasteiger partial charge < -0.3 is 9.80 Å². The van der Waals surface area contributed by atoms with E-state index in [2.05, 4.69) is 43.2 Å². The molecule has 0 aromatic heterocycles. The summed E-state index contributed by atoms with van der Waals surface area (Å²) in [4.78, 5) is 5.18. The number of thiol groups is 1. The van der Waals surface area contributed by atoms with Crippen LogP contribution in [0.4, 0.5) is 0 Å². The van der Waals surface area contributed by atoms with E-state index in [1.54, 1.807) is 0 Å². The lowest BCUT2D eigenvalue weighted by Gasteiger charge is -2.34. The van der Waals surface area contributed by atoms with Gasteiger partial charge in [-0.05, 0) is 63.2 Å². The highest BCUT2D eigenvalue weighted by atomic mass is 32.1. The maximum atomic E-state index is 4.63. The Bertz CT molecular complexity index is 223. The molecule has 19 heavy (non-hydrogen) atoms. The molecule has 0 radical (unpaired) electrons. The Kier molecular flexibility index (Phi) is 8.43. The van der Waals surface area contributed by atoms with Gasteiger partial charge in [-0.15, -0.1) is 0 Å². The third-order valence-corrected chi connectivity index (χ3v) is 5.52.